The summed E-state index contributed by atoms with van der Waals surface area (Å²) in [5, 5.41) is 10.1. The van der Waals surface area contributed by atoms with Crippen LogP contribution < -0.4 is 9.64 Å². The first-order valence-electron chi connectivity index (χ1n) is 7.16. The summed E-state index contributed by atoms with van der Waals surface area (Å²) in [4.78, 5) is 16.6. The van der Waals surface area contributed by atoms with Gasteiger partial charge in [0.2, 0.25) is 5.13 Å². The molecule has 1 saturated heterocycles. The summed E-state index contributed by atoms with van der Waals surface area (Å²) < 4.78 is 5.18. The fourth-order valence-electron chi connectivity index (χ4n) is 2.45. The van der Waals surface area contributed by atoms with Gasteiger partial charge in [0.15, 0.2) is 0 Å². The highest BCUT2D eigenvalue weighted by Gasteiger charge is 2.24. The number of ether oxygens (including phenoxy) is 1. The van der Waals surface area contributed by atoms with E-state index in [0.29, 0.717) is 24.4 Å². The number of carbonyl (C=O) groups excluding carboxylic acids is 1. The molecule has 0 radical (unpaired) electrons. The number of benzene rings is 1. The Balaban J connectivity index is 1.64. The number of amides is 1. The van der Waals surface area contributed by atoms with Gasteiger partial charge in [0.25, 0.3) is 5.91 Å². The van der Waals surface area contributed by atoms with Gasteiger partial charge in [0.05, 0.1) is 7.11 Å². The quantitative estimate of drug-likeness (QED) is 0.864. The molecule has 1 fully saturated rings. The van der Waals surface area contributed by atoms with Gasteiger partial charge in [-0.1, -0.05) is 17.4 Å². The third-order valence-corrected chi connectivity index (χ3v) is 4.57. The van der Waals surface area contributed by atoms with Crippen molar-refractivity contribution in [1.29, 1.82) is 0 Å². The van der Waals surface area contributed by atoms with Crippen LogP contribution in [-0.4, -0.2) is 54.3 Å². The Kier molecular flexibility index (Phi) is 4.24. The van der Waals surface area contributed by atoms with Crippen LogP contribution in [0.5, 0.6) is 5.75 Å². The molecule has 0 aliphatic carbocycles. The smallest absolute Gasteiger partial charge is 0.254 e. The van der Waals surface area contributed by atoms with Crippen molar-refractivity contribution in [3.63, 3.8) is 0 Å². The predicted molar refractivity (Wildman–Crippen MR) is 85.8 cm³/mol. The lowest BCUT2D eigenvalue weighted by Crippen LogP contribution is -2.48. The molecule has 3 rings (SSSR count). The minimum Gasteiger partial charge on any atom is -0.497 e. The van der Waals surface area contributed by atoms with E-state index >= 15 is 0 Å². The Labute approximate surface area is 133 Å². The van der Waals surface area contributed by atoms with Gasteiger partial charge in [-0.05, 0) is 25.1 Å². The Morgan fingerprint density at radius 2 is 2.00 bits per heavy atom. The third-order valence-electron chi connectivity index (χ3n) is 3.67. The zero-order valence-corrected chi connectivity index (χ0v) is 13.5. The zero-order chi connectivity index (χ0) is 15.5. The molecule has 0 N–H and O–H groups in total. The monoisotopic (exact) mass is 318 g/mol. The topological polar surface area (TPSA) is 58.6 Å². The van der Waals surface area contributed by atoms with Gasteiger partial charge in [-0.2, -0.15) is 0 Å². The fourth-order valence-corrected chi connectivity index (χ4v) is 3.19. The first kappa shape index (κ1) is 14.8. The van der Waals surface area contributed by atoms with Crippen molar-refractivity contribution in [1.82, 2.24) is 15.1 Å². The van der Waals surface area contributed by atoms with Crippen LogP contribution in [0, 0.1) is 6.92 Å². The first-order chi connectivity index (χ1) is 10.7. The standard InChI is InChI=1S/C15H18N4O2S/c1-11-16-17-15(22-11)19-8-6-18(7-9-19)14(20)12-4-3-5-13(10-12)21-2/h3-5,10H,6-9H2,1-2H3. The number of aromatic nitrogens is 2. The van der Waals surface area contributed by atoms with Gasteiger partial charge in [0.1, 0.15) is 10.8 Å². The van der Waals surface area contributed by atoms with Crippen LogP contribution in [0.1, 0.15) is 15.4 Å². The van der Waals surface area contributed by atoms with Crippen LogP contribution in [0.25, 0.3) is 0 Å². The van der Waals surface area contributed by atoms with Crippen LogP contribution in [0.2, 0.25) is 0 Å². The first-order valence-corrected chi connectivity index (χ1v) is 7.97. The number of hydrogen-bond donors (Lipinski definition) is 0. The second-order valence-corrected chi connectivity index (χ2v) is 6.27. The molecule has 22 heavy (non-hydrogen) atoms. The van der Waals surface area contributed by atoms with E-state index in [2.05, 4.69) is 15.1 Å². The van der Waals surface area contributed by atoms with E-state index in [0.717, 1.165) is 23.2 Å². The van der Waals surface area contributed by atoms with Gasteiger partial charge >= 0.3 is 0 Å². The molecule has 0 unspecified atom stereocenters. The van der Waals surface area contributed by atoms with Crippen molar-refractivity contribution in [2.45, 2.75) is 6.92 Å². The van der Waals surface area contributed by atoms with Crippen molar-refractivity contribution in [3.8, 4) is 5.75 Å². The summed E-state index contributed by atoms with van der Waals surface area (Å²) >= 11 is 1.59. The average Bonchev–Trinajstić information content (AvgIpc) is 3.01. The lowest BCUT2D eigenvalue weighted by atomic mass is 10.1. The number of piperazine rings is 1. The molecule has 0 saturated carbocycles. The summed E-state index contributed by atoms with van der Waals surface area (Å²) in [6.07, 6.45) is 0. The zero-order valence-electron chi connectivity index (χ0n) is 12.7. The molecule has 0 atom stereocenters. The van der Waals surface area contributed by atoms with Gasteiger partial charge in [-0.3, -0.25) is 4.79 Å². The summed E-state index contributed by atoms with van der Waals surface area (Å²) in [5.41, 5.74) is 0.666. The minimum absolute atomic E-state index is 0.0481. The van der Waals surface area contributed by atoms with Crippen molar-refractivity contribution >= 4 is 22.4 Å². The molecule has 0 spiro atoms. The van der Waals surface area contributed by atoms with Crippen molar-refractivity contribution in [2.75, 3.05) is 38.2 Å². The Hall–Kier alpha value is -2.15. The number of hydrogen-bond acceptors (Lipinski definition) is 6. The summed E-state index contributed by atoms with van der Waals surface area (Å²) in [7, 11) is 1.60. The maximum Gasteiger partial charge on any atom is 0.254 e. The van der Waals surface area contributed by atoms with Crippen LogP contribution in [0.15, 0.2) is 24.3 Å². The molecule has 0 bridgehead atoms. The number of rotatable bonds is 3. The van der Waals surface area contributed by atoms with E-state index in [1.165, 1.54) is 0 Å². The Morgan fingerprint density at radius 1 is 1.23 bits per heavy atom. The SMILES string of the molecule is COc1cccc(C(=O)N2CCN(c3nnc(C)s3)CC2)c1. The van der Waals surface area contributed by atoms with Gasteiger partial charge in [-0.15, -0.1) is 10.2 Å². The molecule has 6 nitrogen and oxygen atoms in total. The van der Waals surface area contributed by atoms with Gasteiger partial charge < -0.3 is 14.5 Å². The third kappa shape index (κ3) is 3.04. The molecule has 2 aromatic rings. The highest BCUT2D eigenvalue weighted by atomic mass is 32.1. The molecule has 1 aromatic heterocycles. The fraction of sp³-hybridized carbons (Fsp3) is 0.400. The van der Waals surface area contributed by atoms with Crippen molar-refractivity contribution in [3.05, 3.63) is 34.8 Å². The molecule has 116 valence electrons. The van der Waals surface area contributed by atoms with E-state index in [1.54, 1.807) is 24.5 Å². The van der Waals surface area contributed by atoms with Crippen LogP contribution in [-0.2, 0) is 0 Å². The summed E-state index contributed by atoms with van der Waals surface area (Å²) in [6.45, 7) is 4.89. The van der Waals surface area contributed by atoms with Crippen LogP contribution >= 0.6 is 11.3 Å². The molecular formula is C15H18N4O2S. The largest absolute Gasteiger partial charge is 0.497 e. The molecule has 1 aromatic carbocycles. The lowest BCUT2D eigenvalue weighted by Gasteiger charge is -2.34. The Morgan fingerprint density at radius 3 is 2.64 bits per heavy atom. The average molecular weight is 318 g/mol. The number of methoxy groups -OCH3 is 1. The number of nitrogens with zero attached hydrogens (tertiary/aromatic N) is 4. The van der Waals surface area contributed by atoms with E-state index in [4.69, 9.17) is 4.74 Å². The molecule has 1 amide bonds. The summed E-state index contributed by atoms with van der Waals surface area (Å²) in [6, 6.07) is 7.28. The highest BCUT2D eigenvalue weighted by Crippen LogP contribution is 2.22. The maximum absolute atomic E-state index is 12.5. The second kappa shape index (κ2) is 6.31. The highest BCUT2D eigenvalue weighted by molar-refractivity contribution is 7.15. The molecule has 7 heteroatoms. The van der Waals surface area contributed by atoms with Crippen LogP contribution in [0.4, 0.5) is 5.13 Å². The lowest BCUT2D eigenvalue weighted by molar-refractivity contribution is 0.0746. The van der Waals surface area contributed by atoms with E-state index in [1.807, 2.05) is 30.0 Å². The van der Waals surface area contributed by atoms with Gasteiger partial charge in [0, 0.05) is 31.7 Å². The normalized spacial score (nSPS) is 15.0. The minimum atomic E-state index is 0.0481. The van der Waals surface area contributed by atoms with E-state index in [-0.39, 0.29) is 5.91 Å². The maximum atomic E-state index is 12.5. The predicted octanol–water partition coefficient (Wildman–Crippen LogP) is 1.82. The van der Waals surface area contributed by atoms with Crippen LogP contribution in [0.3, 0.4) is 0 Å². The van der Waals surface area contributed by atoms with Crippen molar-refractivity contribution in [2.24, 2.45) is 0 Å². The number of carbonyl (C=O) groups is 1. The molecule has 1 aliphatic heterocycles. The Bertz CT molecular complexity index is 665. The number of anilines is 1. The summed E-state index contributed by atoms with van der Waals surface area (Å²) in [5.74, 6) is 0.751. The molecule has 1 aliphatic rings. The number of aryl methyl sites for hydroxylation is 1. The van der Waals surface area contributed by atoms with E-state index in [9.17, 15) is 4.79 Å². The van der Waals surface area contributed by atoms with E-state index < -0.39 is 0 Å². The van der Waals surface area contributed by atoms with Gasteiger partial charge in [-0.25, -0.2) is 0 Å². The molecule has 2 heterocycles. The molecular weight excluding hydrogens is 300 g/mol. The van der Waals surface area contributed by atoms with Crippen molar-refractivity contribution < 1.29 is 9.53 Å². The second-order valence-electron chi connectivity index (χ2n) is 5.11.